The van der Waals surface area contributed by atoms with Crippen molar-refractivity contribution in [2.75, 3.05) is 18.4 Å². The molecule has 5 nitrogen and oxygen atoms in total. The van der Waals surface area contributed by atoms with E-state index in [1.807, 2.05) is 0 Å². The second-order valence-electron chi connectivity index (χ2n) is 6.28. The predicted molar refractivity (Wildman–Crippen MR) is 84.3 cm³/mol. The topological polar surface area (TPSA) is 66.9 Å². The smallest absolute Gasteiger partial charge is 0.271 e. The van der Waals surface area contributed by atoms with Crippen LogP contribution in [0.4, 0.5) is 5.82 Å². The second kappa shape index (κ2) is 7.38. The quantitative estimate of drug-likeness (QED) is 0.845. The maximum atomic E-state index is 12.1. The van der Waals surface area contributed by atoms with Gasteiger partial charge in [0.15, 0.2) is 5.69 Å². The van der Waals surface area contributed by atoms with E-state index in [4.69, 9.17) is 0 Å². The fraction of sp³-hybridized carbons (Fsp3) is 0.688. The van der Waals surface area contributed by atoms with Gasteiger partial charge in [-0.25, -0.2) is 0 Å². The average Bonchev–Trinajstić information content (AvgIpc) is 2.52. The maximum absolute atomic E-state index is 12.1. The molecule has 1 heterocycles. The van der Waals surface area contributed by atoms with E-state index in [0.29, 0.717) is 11.5 Å². The van der Waals surface area contributed by atoms with Gasteiger partial charge in [-0.05, 0) is 36.8 Å². The highest BCUT2D eigenvalue weighted by Gasteiger charge is 2.27. The summed E-state index contributed by atoms with van der Waals surface area (Å²) in [6.07, 6.45) is 7.27. The molecule has 0 aromatic carbocycles. The highest BCUT2D eigenvalue weighted by molar-refractivity contribution is 5.92. The zero-order valence-corrected chi connectivity index (χ0v) is 13.1. The molecule has 0 bridgehead atoms. The van der Waals surface area contributed by atoms with Crippen molar-refractivity contribution in [3.8, 4) is 0 Å². The molecule has 1 aromatic heterocycles. The Morgan fingerprint density at radius 2 is 2.00 bits per heavy atom. The van der Waals surface area contributed by atoms with E-state index in [1.165, 1.54) is 32.1 Å². The Hall–Kier alpha value is -1.65. The van der Waals surface area contributed by atoms with Crippen molar-refractivity contribution >= 4 is 11.7 Å². The van der Waals surface area contributed by atoms with Gasteiger partial charge in [0.25, 0.3) is 5.91 Å². The molecule has 0 aliphatic heterocycles. The standard InChI is InChI=1S/C16H26N4O/c1-3-11-17-14-8-7-13(19-20-14)15(21)18-12-16(2)9-5-4-6-10-16/h7-8H,3-6,9-12H2,1-2H3,(H,17,20)(H,18,21). The van der Waals surface area contributed by atoms with Crippen molar-refractivity contribution in [1.29, 1.82) is 0 Å². The van der Waals surface area contributed by atoms with Crippen molar-refractivity contribution < 1.29 is 4.79 Å². The first kappa shape index (κ1) is 15.7. The Morgan fingerprint density at radius 3 is 2.62 bits per heavy atom. The highest BCUT2D eigenvalue weighted by Crippen LogP contribution is 2.34. The molecule has 1 aliphatic rings. The van der Waals surface area contributed by atoms with E-state index >= 15 is 0 Å². The summed E-state index contributed by atoms with van der Waals surface area (Å²) < 4.78 is 0. The van der Waals surface area contributed by atoms with Crippen LogP contribution in [0.3, 0.4) is 0 Å². The van der Waals surface area contributed by atoms with Crippen molar-refractivity contribution in [3.63, 3.8) is 0 Å². The van der Waals surface area contributed by atoms with Crippen LogP contribution in [0.1, 0.15) is 62.9 Å². The molecule has 5 heteroatoms. The molecule has 2 N–H and O–H groups in total. The number of rotatable bonds is 6. The summed E-state index contributed by atoms with van der Waals surface area (Å²) >= 11 is 0. The molecule has 21 heavy (non-hydrogen) atoms. The maximum Gasteiger partial charge on any atom is 0.271 e. The van der Waals surface area contributed by atoms with Gasteiger partial charge in [0.05, 0.1) is 0 Å². The zero-order valence-electron chi connectivity index (χ0n) is 13.1. The fourth-order valence-electron chi connectivity index (χ4n) is 2.77. The molecular weight excluding hydrogens is 264 g/mol. The van der Waals surface area contributed by atoms with Gasteiger partial charge in [-0.1, -0.05) is 33.1 Å². The number of carbonyl (C=O) groups is 1. The van der Waals surface area contributed by atoms with Gasteiger partial charge in [0.1, 0.15) is 5.82 Å². The van der Waals surface area contributed by atoms with Crippen LogP contribution in [-0.4, -0.2) is 29.2 Å². The molecule has 0 unspecified atom stereocenters. The minimum atomic E-state index is -0.128. The molecule has 0 saturated heterocycles. The third-order valence-corrected chi connectivity index (χ3v) is 4.19. The lowest BCUT2D eigenvalue weighted by molar-refractivity contribution is 0.0913. The summed E-state index contributed by atoms with van der Waals surface area (Å²) in [6.45, 7) is 5.94. The second-order valence-corrected chi connectivity index (χ2v) is 6.28. The van der Waals surface area contributed by atoms with E-state index < -0.39 is 0 Å². The molecule has 2 rings (SSSR count). The van der Waals surface area contributed by atoms with Crippen LogP contribution < -0.4 is 10.6 Å². The third-order valence-electron chi connectivity index (χ3n) is 4.19. The number of hydrogen-bond acceptors (Lipinski definition) is 4. The summed E-state index contributed by atoms with van der Waals surface area (Å²) in [5.74, 6) is 0.587. The lowest BCUT2D eigenvalue weighted by Crippen LogP contribution is -2.37. The number of hydrogen-bond donors (Lipinski definition) is 2. The minimum absolute atomic E-state index is 0.128. The van der Waals surface area contributed by atoms with E-state index in [2.05, 4.69) is 34.7 Å². The van der Waals surface area contributed by atoms with Gasteiger partial charge in [-0.3, -0.25) is 4.79 Å². The molecule has 1 aliphatic carbocycles. The van der Waals surface area contributed by atoms with Crippen LogP contribution in [-0.2, 0) is 0 Å². The molecule has 1 fully saturated rings. The summed E-state index contributed by atoms with van der Waals surface area (Å²) in [5, 5.41) is 14.2. The van der Waals surface area contributed by atoms with Gasteiger partial charge < -0.3 is 10.6 Å². The number of carbonyl (C=O) groups excluding carboxylic acids is 1. The van der Waals surface area contributed by atoms with Gasteiger partial charge in [0.2, 0.25) is 0 Å². The molecule has 1 aromatic rings. The summed E-state index contributed by atoms with van der Waals surface area (Å²) in [6, 6.07) is 3.53. The Morgan fingerprint density at radius 1 is 1.24 bits per heavy atom. The number of nitrogens with zero attached hydrogens (tertiary/aromatic N) is 2. The molecule has 0 spiro atoms. The molecular formula is C16H26N4O. The van der Waals surface area contributed by atoms with E-state index in [9.17, 15) is 4.79 Å². The number of anilines is 1. The van der Waals surface area contributed by atoms with Crippen LogP contribution in [0.2, 0.25) is 0 Å². The Balaban J connectivity index is 1.85. The van der Waals surface area contributed by atoms with Crippen molar-refractivity contribution in [2.45, 2.75) is 52.4 Å². The van der Waals surface area contributed by atoms with Gasteiger partial charge >= 0.3 is 0 Å². The number of aromatic nitrogens is 2. The molecule has 0 radical (unpaired) electrons. The van der Waals surface area contributed by atoms with Crippen molar-refractivity contribution in [1.82, 2.24) is 15.5 Å². The van der Waals surface area contributed by atoms with Crippen LogP contribution in [0, 0.1) is 5.41 Å². The zero-order chi connectivity index (χ0) is 15.1. The molecule has 1 saturated carbocycles. The molecule has 116 valence electrons. The first-order chi connectivity index (χ1) is 10.1. The normalized spacial score (nSPS) is 17.2. The largest absolute Gasteiger partial charge is 0.369 e. The molecule has 0 atom stereocenters. The van der Waals surface area contributed by atoms with Crippen molar-refractivity contribution in [2.24, 2.45) is 5.41 Å². The van der Waals surface area contributed by atoms with Crippen LogP contribution in [0.5, 0.6) is 0 Å². The predicted octanol–water partition coefficient (Wildman–Crippen LogP) is 3.00. The Kier molecular flexibility index (Phi) is 5.53. The van der Waals surface area contributed by atoms with Crippen molar-refractivity contribution in [3.05, 3.63) is 17.8 Å². The van der Waals surface area contributed by atoms with Gasteiger partial charge in [-0.2, -0.15) is 0 Å². The first-order valence-electron chi connectivity index (χ1n) is 7.99. The van der Waals surface area contributed by atoms with Crippen LogP contribution in [0.15, 0.2) is 12.1 Å². The van der Waals surface area contributed by atoms with E-state index in [-0.39, 0.29) is 11.3 Å². The van der Waals surface area contributed by atoms with E-state index in [1.54, 1.807) is 12.1 Å². The monoisotopic (exact) mass is 290 g/mol. The third kappa shape index (κ3) is 4.69. The average molecular weight is 290 g/mol. The van der Waals surface area contributed by atoms with Crippen LogP contribution in [0.25, 0.3) is 0 Å². The van der Waals surface area contributed by atoms with E-state index in [0.717, 1.165) is 19.5 Å². The highest BCUT2D eigenvalue weighted by atomic mass is 16.1. The summed E-state index contributed by atoms with van der Waals surface area (Å²) in [5.41, 5.74) is 0.626. The Labute approximate surface area is 126 Å². The summed E-state index contributed by atoms with van der Waals surface area (Å²) in [4.78, 5) is 12.1. The SMILES string of the molecule is CCCNc1ccc(C(=O)NCC2(C)CCCCC2)nn1. The van der Waals surface area contributed by atoms with Gasteiger partial charge in [0, 0.05) is 13.1 Å². The first-order valence-corrected chi connectivity index (χ1v) is 7.99. The lowest BCUT2D eigenvalue weighted by Gasteiger charge is -2.33. The number of amides is 1. The number of nitrogens with one attached hydrogen (secondary N) is 2. The lowest BCUT2D eigenvalue weighted by atomic mass is 9.76. The van der Waals surface area contributed by atoms with Gasteiger partial charge in [-0.15, -0.1) is 10.2 Å². The molecule has 1 amide bonds. The Bertz CT molecular complexity index is 452. The fourth-order valence-corrected chi connectivity index (χ4v) is 2.77. The minimum Gasteiger partial charge on any atom is -0.369 e. The van der Waals surface area contributed by atoms with Crippen LogP contribution >= 0.6 is 0 Å². The summed E-state index contributed by atoms with van der Waals surface area (Å²) in [7, 11) is 0.